The molecule has 1 aliphatic heterocycles. The van der Waals surface area contributed by atoms with E-state index in [0.717, 1.165) is 24.8 Å². The number of rotatable bonds is 8. The van der Waals surface area contributed by atoms with Crippen LogP contribution in [0.1, 0.15) is 40.7 Å². The summed E-state index contributed by atoms with van der Waals surface area (Å²) in [5.41, 5.74) is 2.73. The van der Waals surface area contributed by atoms with Crippen molar-refractivity contribution in [1.29, 1.82) is 0 Å². The predicted octanol–water partition coefficient (Wildman–Crippen LogP) is 2.81. The molecule has 8 heteroatoms. The number of nitrogens with one attached hydrogen (secondary N) is 2. The summed E-state index contributed by atoms with van der Waals surface area (Å²) in [6.45, 7) is 6.57. The van der Waals surface area contributed by atoms with Gasteiger partial charge in [-0.1, -0.05) is 42.8 Å². The molecule has 1 heterocycles. The van der Waals surface area contributed by atoms with Crippen LogP contribution in [0.4, 0.5) is 0 Å². The van der Waals surface area contributed by atoms with Crippen LogP contribution in [-0.4, -0.2) is 50.2 Å². The van der Waals surface area contributed by atoms with Gasteiger partial charge in [-0.3, -0.25) is 9.59 Å². The van der Waals surface area contributed by atoms with E-state index in [4.69, 9.17) is 0 Å². The first-order valence-corrected chi connectivity index (χ1v) is 12.6. The molecule has 2 N–H and O–H groups in total. The van der Waals surface area contributed by atoms with E-state index in [1.54, 1.807) is 0 Å². The summed E-state index contributed by atoms with van der Waals surface area (Å²) in [6.07, 6.45) is 4.18. The van der Waals surface area contributed by atoms with Crippen LogP contribution >= 0.6 is 0 Å². The SMILES string of the molecule is C=CC(=O)NC1CCCCN(S(=O)(=O)c2ccc(C(=O)NCCc3cccc(C)c3)cc2)C1. The second-order valence-electron chi connectivity index (χ2n) is 8.29. The Morgan fingerprint density at radius 3 is 2.61 bits per heavy atom. The first-order valence-electron chi connectivity index (χ1n) is 11.2. The minimum atomic E-state index is -3.74. The molecule has 176 valence electrons. The maximum absolute atomic E-state index is 13.2. The van der Waals surface area contributed by atoms with E-state index in [1.165, 1.54) is 40.2 Å². The van der Waals surface area contributed by atoms with Gasteiger partial charge in [0.05, 0.1) is 4.90 Å². The van der Waals surface area contributed by atoms with E-state index >= 15 is 0 Å². The van der Waals surface area contributed by atoms with Crippen LogP contribution in [0.5, 0.6) is 0 Å². The lowest BCUT2D eigenvalue weighted by atomic mass is 10.1. The van der Waals surface area contributed by atoms with Crippen molar-refractivity contribution in [2.24, 2.45) is 0 Å². The molecule has 1 aliphatic rings. The van der Waals surface area contributed by atoms with E-state index in [0.29, 0.717) is 25.1 Å². The van der Waals surface area contributed by atoms with Gasteiger partial charge in [-0.05, 0) is 62.1 Å². The van der Waals surface area contributed by atoms with Crippen LogP contribution in [0.15, 0.2) is 66.1 Å². The largest absolute Gasteiger partial charge is 0.352 e. The van der Waals surface area contributed by atoms with Gasteiger partial charge in [0, 0.05) is 31.2 Å². The lowest BCUT2D eigenvalue weighted by Crippen LogP contribution is -2.44. The van der Waals surface area contributed by atoms with E-state index in [-0.39, 0.29) is 29.3 Å². The Bertz CT molecular complexity index is 1100. The third kappa shape index (κ3) is 6.76. The molecule has 2 amide bonds. The summed E-state index contributed by atoms with van der Waals surface area (Å²) in [6, 6.07) is 13.9. The third-order valence-corrected chi connectivity index (χ3v) is 7.58. The van der Waals surface area contributed by atoms with Crippen LogP contribution in [-0.2, 0) is 21.2 Å². The highest BCUT2D eigenvalue weighted by Gasteiger charge is 2.29. The highest BCUT2D eigenvalue weighted by molar-refractivity contribution is 7.89. The van der Waals surface area contributed by atoms with Gasteiger partial charge in [0.15, 0.2) is 0 Å². The Labute approximate surface area is 195 Å². The zero-order valence-electron chi connectivity index (χ0n) is 18.9. The van der Waals surface area contributed by atoms with Gasteiger partial charge in [0.25, 0.3) is 5.91 Å². The first-order chi connectivity index (χ1) is 15.8. The molecule has 1 saturated heterocycles. The minimum absolute atomic E-state index is 0.134. The van der Waals surface area contributed by atoms with Crippen molar-refractivity contribution in [2.45, 2.75) is 43.5 Å². The summed E-state index contributed by atoms with van der Waals surface area (Å²) in [7, 11) is -3.74. The number of nitrogens with zero attached hydrogens (tertiary/aromatic N) is 1. The summed E-state index contributed by atoms with van der Waals surface area (Å²) in [4.78, 5) is 24.3. The molecule has 2 aromatic carbocycles. The molecule has 1 unspecified atom stereocenters. The number of carbonyl (C=O) groups excluding carboxylic acids is 2. The molecular weight excluding hydrogens is 438 g/mol. The van der Waals surface area contributed by atoms with Gasteiger partial charge in [0.1, 0.15) is 0 Å². The number of sulfonamides is 1. The molecule has 33 heavy (non-hydrogen) atoms. The second-order valence-corrected chi connectivity index (χ2v) is 10.2. The van der Waals surface area contributed by atoms with Crippen molar-refractivity contribution in [3.05, 3.63) is 77.9 Å². The van der Waals surface area contributed by atoms with Gasteiger partial charge < -0.3 is 10.6 Å². The summed E-state index contributed by atoms with van der Waals surface area (Å²) in [5, 5.41) is 5.68. The van der Waals surface area contributed by atoms with Gasteiger partial charge in [0.2, 0.25) is 15.9 Å². The van der Waals surface area contributed by atoms with Crippen LogP contribution in [0.2, 0.25) is 0 Å². The highest BCUT2D eigenvalue weighted by atomic mass is 32.2. The van der Waals surface area contributed by atoms with Gasteiger partial charge in [-0.25, -0.2) is 8.42 Å². The molecule has 0 radical (unpaired) electrons. The van der Waals surface area contributed by atoms with Crippen molar-refractivity contribution < 1.29 is 18.0 Å². The number of amides is 2. The Hall–Kier alpha value is -2.97. The van der Waals surface area contributed by atoms with Crippen LogP contribution < -0.4 is 10.6 Å². The number of hydrogen-bond donors (Lipinski definition) is 2. The van der Waals surface area contributed by atoms with Crippen molar-refractivity contribution in [1.82, 2.24) is 14.9 Å². The number of aryl methyl sites for hydroxylation is 1. The summed E-state index contributed by atoms with van der Waals surface area (Å²) in [5.74, 6) is -0.550. The lowest BCUT2D eigenvalue weighted by molar-refractivity contribution is -0.117. The Kier molecular flexibility index (Phi) is 8.41. The standard InChI is InChI=1S/C25H31N3O4S/c1-3-24(29)27-22-9-4-5-16-28(18-22)33(31,32)23-12-10-21(11-13-23)25(30)26-15-14-20-8-6-7-19(2)17-20/h3,6-8,10-13,17,22H,1,4-5,9,14-16,18H2,2H3,(H,26,30)(H,27,29). The van der Waals surface area contributed by atoms with Gasteiger partial charge in [-0.15, -0.1) is 0 Å². The average molecular weight is 470 g/mol. The fraction of sp³-hybridized carbons (Fsp3) is 0.360. The van der Waals surface area contributed by atoms with Gasteiger partial charge >= 0.3 is 0 Å². The zero-order chi connectivity index (χ0) is 23.8. The molecule has 0 saturated carbocycles. The Balaban J connectivity index is 1.61. The number of benzene rings is 2. The van der Waals surface area contributed by atoms with Crippen LogP contribution in [0.25, 0.3) is 0 Å². The molecule has 2 aromatic rings. The van der Waals surface area contributed by atoms with E-state index in [9.17, 15) is 18.0 Å². The zero-order valence-corrected chi connectivity index (χ0v) is 19.7. The maximum Gasteiger partial charge on any atom is 0.251 e. The molecule has 1 atom stereocenters. The normalized spacial score (nSPS) is 17.1. The first kappa shape index (κ1) is 24.7. The average Bonchev–Trinajstić information content (AvgIpc) is 3.05. The molecule has 0 aromatic heterocycles. The van der Waals surface area contributed by atoms with Crippen molar-refractivity contribution >= 4 is 21.8 Å². The third-order valence-electron chi connectivity index (χ3n) is 5.70. The van der Waals surface area contributed by atoms with Crippen molar-refractivity contribution in [3.8, 4) is 0 Å². The highest BCUT2D eigenvalue weighted by Crippen LogP contribution is 2.21. The number of hydrogen-bond acceptors (Lipinski definition) is 4. The molecule has 0 aliphatic carbocycles. The van der Waals surface area contributed by atoms with E-state index in [1.807, 2.05) is 25.1 Å². The van der Waals surface area contributed by atoms with E-state index < -0.39 is 10.0 Å². The van der Waals surface area contributed by atoms with Crippen LogP contribution in [0.3, 0.4) is 0 Å². The van der Waals surface area contributed by atoms with Crippen LogP contribution in [0, 0.1) is 6.92 Å². The summed E-state index contributed by atoms with van der Waals surface area (Å²) < 4.78 is 27.7. The lowest BCUT2D eigenvalue weighted by Gasteiger charge is -2.24. The predicted molar refractivity (Wildman–Crippen MR) is 128 cm³/mol. The molecule has 1 fully saturated rings. The Morgan fingerprint density at radius 1 is 1.15 bits per heavy atom. The molecule has 7 nitrogen and oxygen atoms in total. The topological polar surface area (TPSA) is 95.6 Å². The fourth-order valence-corrected chi connectivity index (χ4v) is 5.44. The monoisotopic (exact) mass is 469 g/mol. The molecule has 0 spiro atoms. The molecular formula is C25H31N3O4S. The number of carbonyl (C=O) groups is 2. The fourth-order valence-electron chi connectivity index (χ4n) is 3.92. The van der Waals surface area contributed by atoms with Crippen molar-refractivity contribution in [2.75, 3.05) is 19.6 Å². The van der Waals surface area contributed by atoms with Gasteiger partial charge in [-0.2, -0.15) is 4.31 Å². The second kappa shape index (κ2) is 11.2. The molecule has 3 rings (SSSR count). The summed E-state index contributed by atoms with van der Waals surface area (Å²) >= 11 is 0. The van der Waals surface area contributed by atoms with E-state index in [2.05, 4.69) is 23.3 Å². The Morgan fingerprint density at radius 2 is 1.91 bits per heavy atom. The minimum Gasteiger partial charge on any atom is -0.352 e. The molecule has 0 bridgehead atoms. The quantitative estimate of drug-likeness (QED) is 0.581. The smallest absolute Gasteiger partial charge is 0.251 e. The maximum atomic E-state index is 13.2. The van der Waals surface area contributed by atoms with Crippen molar-refractivity contribution in [3.63, 3.8) is 0 Å².